The second-order valence-corrected chi connectivity index (χ2v) is 5.06. The fourth-order valence-electron chi connectivity index (χ4n) is 2.10. The predicted molar refractivity (Wildman–Crippen MR) is 83.7 cm³/mol. The lowest BCUT2D eigenvalue weighted by molar-refractivity contribution is 0.0951. The van der Waals surface area contributed by atoms with Crippen molar-refractivity contribution in [3.63, 3.8) is 0 Å². The van der Waals surface area contributed by atoms with Gasteiger partial charge in [-0.15, -0.1) is 0 Å². The maximum atomic E-state index is 12.1. The summed E-state index contributed by atoms with van der Waals surface area (Å²) in [5.74, 6) is -0.0919. The lowest BCUT2D eigenvalue weighted by atomic mass is 10.1. The van der Waals surface area contributed by atoms with Gasteiger partial charge in [-0.2, -0.15) is 5.10 Å². The van der Waals surface area contributed by atoms with Crippen LogP contribution in [0.15, 0.2) is 61.2 Å². The summed E-state index contributed by atoms with van der Waals surface area (Å²) in [6.45, 7) is 2.56. The number of carbonyl (C=O) groups excluding carboxylic acids is 1. The van der Waals surface area contributed by atoms with Gasteiger partial charge in [0.1, 0.15) is 12.7 Å². The Kier molecular flexibility index (Phi) is 3.96. The molecule has 0 fully saturated rings. The number of nitrogens with one attached hydrogen (secondary N) is 1. The maximum absolute atomic E-state index is 12.1. The molecule has 2 aromatic carbocycles. The Morgan fingerprint density at radius 2 is 1.82 bits per heavy atom. The summed E-state index contributed by atoms with van der Waals surface area (Å²) in [5.41, 5.74) is 3.78. The molecule has 0 atom stereocenters. The lowest BCUT2D eigenvalue weighted by Gasteiger charge is -2.07. The molecule has 110 valence electrons. The minimum absolute atomic E-state index is 0.0919. The van der Waals surface area contributed by atoms with Crippen LogP contribution in [0.25, 0.3) is 5.69 Å². The van der Waals surface area contributed by atoms with E-state index in [0.717, 1.165) is 11.3 Å². The van der Waals surface area contributed by atoms with Crippen molar-refractivity contribution in [3.8, 4) is 5.69 Å². The molecule has 1 heterocycles. The van der Waals surface area contributed by atoms with Crippen LogP contribution in [0.2, 0.25) is 0 Å². The topological polar surface area (TPSA) is 59.8 Å². The molecule has 5 nitrogen and oxygen atoms in total. The SMILES string of the molecule is Cc1ccc(CNC(=O)c2ccc(-n3cncn3)cc2)cc1. The van der Waals surface area contributed by atoms with E-state index < -0.39 is 0 Å². The van der Waals surface area contributed by atoms with Crippen molar-refractivity contribution >= 4 is 5.91 Å². The average Bonchev–Trinajstić information content (AvgIpc) is 3.09. The van der Waals surface area contributed by atoms with Gasteiger partial charge in [0.25, 0.3) is 5.91 Å². The number of benzene rings is 2. The highest BCUT2D eigenvalue weighted by Crippen LogP contribution is 2.08. The third-order valence-electron chi connectivity index (χ3n) is 3.39. The standard InChI is InChI=1S/C17H16N4O/c1-13-2-4-14(5-3-13)10-19-17(22)15-6-8-16(9-7-15)21-12-18-11-20-21/h2-9,11-12H,10H2,1H3,(H,19,22). The predicted octanol–water partition coefficient (Wildman–Crippen LogP) is 2.51. The summed E-state index contributed by atoms with van der Waals surface area (Å²) in [5, 5.41) is 6.96. The Bertz CT molecular complexity index is 746. The molecule has 1 aromatic heterocycles. The fraction of sp³-hybridized carbons (Fsp3) is 0.118. The second-order valence-electron chi connectivity index (χ2n) is 5.06. The fourth-order valence-corrected chi connectivity index (χ4v) is 2.10. The Labute approximate surface area is 128 Å². The third kappa shape index (κ3) is 3.20. The summed E-state index contributed by atoms with van der Waals surface area (Å²) in [4.78, 5) is 16.0. The van der Waals surface area contributed by atoms with E-state index in [1.165, 1.54) is 11.9 Å². The molecule has 0 aliphatic rings. The van der Waals surface area contributed by atoms with Crippen LogP contribution in [-0.4, -0.2) is 20.7 Å². The monoisotopic (exact) mass is 292 g/mol. The number of nitrogens with zero attached hydrogens (tertiary/aromatic N) is 3. The Morgan fingerprint density at radius 1 is 1.09 bits per heavy atom. The first kappa shape index (κ1) is 14.0. The quantitative estimate of drug-likeness (QED) is 0.803. The van der Waals surface area contributed by atoms with E-state index in [1.54, 1.807) is 23.1 Å². The number of hydrogen-bond donors (Lipinski definition) is 1. The summed E-state index contributed by atoms with van der Waals surface area (Å²) in [7, 11) is 0. The largest absolute Gasteiger partial charge is 0.348 e. The molecule has 0 bridgehead atoms. The van der Waals surface area contributed by atoms with Crippen LogP contribution in [0.1, 0.15) is 21.5 Å². The van der Waals surface area contributed by atoms with Crippen LogP contribution in [0.3, 0.4) is 0 Å². The Morgan fingerprint density at radius 3 is 2.45 bits per heavy atom. The Hall–Kier alpha value is -2.95. The minimum atomic E-state index is -0.0919. The van der Waals surface area contributed by atoms with Crippen LogP contribution < -0.4 is 5.32 Å². The number of carbonyl (C=O) groups is 1. The number of hydrogen-bond acceptors (Lipinski definition) is 3. The van der Waals surface area contributed by atoms with Gasteiger partial charge < -0.3 is 5.32 Å². The minimum Gasteiger partial charge on any atom is -0.348 e. The molecule has 3 aromatic rings. The van der Waals surface area contributed by atoms with E-state index in [4.69, 9.17) is 0 Å². The van der Waals surface area contributed by atoms with Crippen LogP contribution >= 0.6 is 0 Å². The third-order valence-corrected chi connectivity index (χ3v) is 3.39. The molecule has 0 radical (unpaired) electrons. The summed E-state index contributed by atoms with van der Waals surface area (Å²) in [6.07, 6.45) is 3.09. The van der Waals surface area contributed by atoms with Crippen molar-refractivity contribution in [2.75, 3.05) is 0 Å². The van der Waals surface area contributed by atoms with Crippen LogP contribution in [0, 0.1) is 6.92 Å². The van der Waals surface area contributed by atoms with Gasteiger partial charge in [0.05, 0.1) is 5.69 Å². The molecule has 0 saturated heterocycles. The van der Waals surface area contributed by atoms with E-state index in [-0.39, 0.29) is 5.91 Å². The highest BCUT2D eigenvalue weighted by Gasteiger charge is 2.06. The first-order valence-electron chi connectivity index (χ1n) is 7.01. The van der Waals surface area contributed by atoms with Crippen molar-refractivity contribution in [1.82, 2.24) is 20.1 Å². The van der Waals surface area contributed by atoms with Crippen LogP contribution in [-0.2, 0) is 6.54 Å². The maximum Gasteiger partial charge on any atom is 0.251 e. The van der Waals surface area contributed by atoms with Crippen molar-refractivity contribution in [2.45, 2.75) is 13.5 Å². The zero-order chi connectivity index (χ0) is 15.4. The molecule has 0 aliphatic carbocycles. The highest BCUT2D eigenvalue weighted by atomic mass is 16.1. The van der Waals surface area contributed by atoms with Gasteiger partial charge in [-0.25, -0.2) is 9.67 Å². The molecule has 0 aliphatic heterocycles. The van der Waals surface area contributed by atoms with E-state index >= 15 is 0 Å². The van der Waals surface area contributed by atoms with Crippen molar-refractivity contribution in [3.05, 3.63) is 77.9 Å². The van der Waals surface area contributed by atoms with E-state index in [0.29, 0.717) is 12.1 Å². The van der Waals surface area contributed by atoms with Gasteiger partial charge in [-0.1, -0.05) is 29.8 Å². The molecule has 5 heteroatoms. The average molecular weight is 292 g/mol. The van der Waals surface area contributed by atoms with Crippen molar-refractivity contribution in [1.29, 1.82) is 0 Å². The number of rotatable bonds is 4. The Balaban J connectivity index is 1.63. The van der Waals surface area contributed by atoms with Gasteiger partial charge in [0.2, 0.25) is 0 Å². The zero-order valence-corrected chi connectivity index (χ0v) is 12.2. The highest BCUT2D eigenvalue weighted by molar-refractivity contribution is 5.94. The smallest absolute Gasteiger partial charge is 0.251 e. The number of amides is 1. The molecule has 0 spiro atoms. The van der Waals surface area contributed by atoms with Gasteiger partial charge in [-0.3, -0.25) is 4.79 Å². The normalized spacial score (nSPS) is 10.4. The van der Waals surface area contributed by atoms with E-state index in [2.05, 4.69) is 15.4 Å². The molecular weight excluding hydrogens is 276 g/mol. The molecular formula is C17H16N4O. The van der Waals surface area contributed by atoms with Gasteiger partial charge in [0, 0.05) is 12.1 Å². The zero-order valence-electron chi connectivity index (χ0n) is 12.2. The molecule has 1 amide bonds. The van der Waals surface area contributed by atoms with Gasteiger partial charge >= 0.3 is 0 Å². The van der Waals surface area contributed by atoms with E-state index in [9.17, 15) is 4.79 Å². The molecule has 22 heavy (non-hydrogen) atoms. The van der Waals surface area contributed by atoms with Crippen LogP contribution in [0.4, 0.5) is 0 Å². The summed E-state index contributed by atoms with van der Waals surface area (Å²) < 4.78 is 1.65. The van der Waals surface area contributed by atoms with Crippen molar-refractivity contribution in [2.24, 2.45) is 0 Å². The molecule has 3 rings (SSSR count). The van der Waals surface area contributed by atoms with Gasteiger partial charge in [-0.05, 0) is 36.8 Å². The summed E-state index contributed by atoms with van der Waals surface area (Å²) in [6, 6.07) is 15.4. The summed E-state index contributed by atoms with van der Waals surface area (Å²) >= 11 is 0. The number of aryl methyl sites for hydroxylation is 1. The molecule has 0 saturated carbocycles. The second kappa shape index (κ2) is 6.22. The molecule has 0 unspecified atom stereocenters. The first-order valence-corrected chi connectivity index (χ1v) is 7.01. The first-order chi connectivity index (χ1) is 10.7. The van der Waals surface area contributed by atoms with Crippen molar-refractivity contribution < 1.29 is 4.79 Å². The van der Waals surface area contributed by atoms with E-state index in [1.807, 2.05) is 43.3 Å². The molecule has 1 N–H and O–H groups in total. The number of aromatic nitrogens is 3. The van der Waals surface area contributed by atoms with Gasteiger partial charge in [0.15, 0.2) is 0 Å². The van der Waals surface area contributed by atoms with Crippen LogP contribution in [0.5, 0.6) is 0 Å². The lowest BCUT2D eigenvalue weighted by Crippen LogP contribution is -2.22.